The molecule has 0 aromatic heterocycles. The fourth-order valence-electron chi connectivity index (χ4n) is 1.32. The van der Waals surface area contributed by atoms with Gasteiger partial charge in [-0.05, 0) is 13.0 Å². The van der Waals surface area contributed by atoms with Gasteiger partial charge in [-0.3, -0.25) is 0 Å². The van der Waals surface area contributed by atoms with Crippen molar-refractivity contribution in [1.29, 1.82) is 0 Å². The summed E-state index contributed by atoms with van der Waals surface area (Å²) in [4.78, 5) is 11.1. The van der Waals surface area contributed by atoms with Gasteiger partial charge in [-0.15, -0.1) is 0 Å². The third-order valence-corrected chi connectivity index (χ3v) is 2.10. The van der Waals surface area contributed by atoms with E-state index in [0.29, 0.717) is 17.9 Å². The van der Waals surface area contributed by atoms with Gasteiger partial charge in [0.2, 0.25) is 0 Å². The van der Waals surface area contributed by atoms with Crippen LogP contribution < -0.4 is 4.74 Å². The maximum Gasteiger partial charge on any atom is 0.344 e. The van der Waals surface area contributed by atoms with E-state index in [1.165, 1.54) is 0 Å². The molecular weight excluding hydrogens is 224 g/mol. The number of carbonyl (C=O) groups is 1. The fourth-order valence-corrected chi connectivity index (χ4v) is 1.32. The van der Waals surface area contributed by atoms with Gasteiger partial charge >= 0.3 is 5.97 Å². The van der Waals surface area contributed by atoms with E-state index >= 15 is 0 Å². The van der Waals surface area contributed by atoms with E-state index in [-0.39, 0.29) is 6.61 Å². The van der Waals surface area contributed by atoms with Crippen molar-refractivity contribution in [1.82, 2.24) is 0 Å². The highest BCUT2D eigenvalue weighted by Gasteiger charge is 2.13. The topological polar surface area (TPSA) is 76.0 Å². The lowest BCUT2D eigenvalue weighted by Gasteiger charge is -2.13. The van der Waals surface area contributed by atoms with Crippen LogP contribution in [0, 0.1) is 0 Å². The molecule has 0 amide bonds. The van der Waals surface area contributed by atoms with E-state index in [1.807, 2.05) is 0 Å². The number of carbonyl (C=O) groups excluding carboxylic acids is 1. The van der Waals surface area contributed by atoms with Crippen molar-refractivity contribution < 1.29 is 24.5 Å². The van der Waals surface area contributed by atoms with E-state index in [1.54, 1.807) is 31.2 Å². The maximum absolute atomic E-state index is 11.1. The quantitative estimate of drug-likeness (QED) is 0.714. The average Bonchev–Trinajstić information content (AvgIpc) is 2.36. The van der Waals surface area contributed by atoms with E-state index in [0.717, 1.165) is 0 Å². The van der Waals surface area contributed by atoms with Gasteiger partial charge < -0.3 is 19.7 Å². The maximum atomic E-state index is 11.1. The molecule has 0 fully saturated rings. The Labute approximate surface area is 99.6 Å². The Morgan fingerprint density at radius 3 is 2.76 bits per heavy atom. The summed E-state index contributed by atoms with van der Waals surface area (Å²) < 4.78 is 9.94. The van der Waals surface area contributed by atoms with E-state index < -0.39 is 18.7 Å². The predicted octanol–water partition coefficient (Wildman–Crippen LogP) is 0.654. The van der Waals surface area contributed by atoms with Gasteiger partial charge in [0, 0.05) is 5.56 Å². The third kappa shape index (κ3) is 4.05. The summed E-state index contributed by atoms with van der Waals surface area (Å²) in [6, 6.07) is 6.67. The first-order chi connectivity index (χ1) is 8.19. The molecule has 1 atom stereocenters. The van der Waals surface area contributed by atoms with Crippen LogP contribution >= 0.6 is 0 Å². The Morgan fingerprint density at radius 1 is 1.41 bits per heavy atom. The second-order valence-corrected chi connectivity index (χ2v) is 3.33. The third-order valence-electron chi connectivity index (χ3n) is 2.10. The Bertz CT molecular complexity index is 364. The van der Waals surface area contributed by atoms with Crippen LogP contribution in [-0.2, 0) is 9.53 Å². The summed E-state index contributed by atoms with van der Waals surface area (Å²) >= 11 is 0. The summed E-state index contributed by atoms with van der Waals surface area (Å²) in [6.07, 6.45) is -1.02. The number of aliphatic hydroxyl groups excluding tert-OH is 2. The second kappa shape index (κ2) is 6.88. The molecule has 0 saturated heterocycles. The van der Waals surface area contributed by atoms with Gasteiger partial charge in [0.1, 0.15) is 11.9 Å². The van der Waals surface area contributed by atoms with Crippen molar-refractivity contribution in [3.8, 4) is 5.75 Å². The number of aliphatic hydroxyl groups is 2. The summed E-state index contributed by atoms with van der Waals surface area (Å²) in [5.41, 5.74) is 0.444. The molecule has 0 spiro atoms. The second-order valence-electron chi connectivity index (χ2n) is 3.33. The molecule has 0 aliphatic carbocycles. The van der Waals surface area contributed by atoms with E-state index in [9.17, 15) is 9.90 Å². The number of hydrogen-bond donors (Lipinski definition) is 2. The van der Waals surface area contributed by atoms with Crippen molar-refractivity contribution >= 4 is 5.97 Å². The minimum absolute atomic E-state index is 0.219. The van der Waals surface area contributed by atoms with Gasteiger partial charge in [0.05, 0.1) is 13.2 Å². The van der Waals surface area contributed by atoms with Crippen molar-refractivity contribution in [3.63, 3.8) is 0 Å². The molecule has 0 heterocycles. The first-order valence-corrected chi connectivity index (χ1v) is 5.35. The van der Waals surface area contributed by atoms with Crippen LogP contribution in [0.4, 0.5) is 0 Å². The number of benzene rings is 1. The van der Waals surface area contributed by atoms with Crippen LogP contribution in [0.25, 0.3) is 0 Å². The van der Waals surface area contributed by atoms with Crippen LogP contribution in [0.1, 0.15) is 18.6 Å². The van der Waals surface area contributed by atoms with E-state index in [2.05, 4.69) is 0 Å². The Morgan fingerprint density at radius 2 is 2.12 bits per heavy atom. The number of hydrogen-bond acceptors (Lipinski definition) is 5. The lowest BCUT2D eigenvalue weighted by atomic mass is 10.1. The minimum Gasteiger partial charge on any atom is -0.482 e. The molecule has 0 aliphatic heterocycles. The van der Waals surface area contributed by atoms with E-state index in [4.69, 9.17) is 14.6 Å². The SMILES string of the molecule is CCOC(=O)COc1ccccc1C(O)CO. The van der Waals surface area contributed by atoms with Crippen molar-refractivity contribution in [2.45, 2.75) is 13.0 Å². The molecule has 5 heteroatoms. The van der Waals surface area contributed by atoms with Gasteiger partial charge in [-0.1, -0.05) is 18.2 Å². The Balaban J connectivity index is 2.67. The average molecular weight is 240 g/mol. The van der Waals surface area contributed by atoms with Gasteiger partial charge in [0.25, 0.3) is 0 Å². The molecule has 1 aromatic rings. The van der Waals surface area contributed by atoms with Crippen molar-refractivity contribution in [2.75, 3.05) is 19.8 Å². The molecule has 0 bridgehead atoms. The summed E-state index contributed by atoms with van der Waals surface area (Å²) in [5.74, 6) is -0.108. The normalized spacial score (nSPS) is 11.9. The molecule has 17 heavy (non-hydrogen) atoms. The van der Waals surface area contributed by atoms with Crippen LogP contribution in [0.15, 0.2) is 24.3 Å². The highest BCUT2D eigenvalue weighted by Crippen LogP contribution is 2.24. The molecule has 0 saturated carbocycles. The van der Waals surface area contributed by atoms with Crippen LogP contribution in [-0.4, -0.2) is 36.0 Å². The Kier molecular flexibility index (Phi) is 5.45. The molecular formula is C12H16O5. The number of esters is 1. The standard InChI is InChI=1S/C12H16O5/c1-2-16-12(15)8-17-11-6-4-3-5-9(11)10(14)7-13/h3-6,10,13-14H,2,7-8H2,1H3. The summed E-state index contributed by atoms with van der Waals surface area (Å²) in [7, 11) is 0. The molecule has 2 N–H and O–H groups in total. The predicted molar refractivity (Wildman–Crippen MR) is 60.6 cm³/mol. The zero-order valence-corrected chi connectivity index (χ0v) is 9.63. The largest absolute Gasteiger partial charge is 0.482 e. The summed E-state index contributed by atoms with van der Waals surface area (Å²) in [5, 5.41) is 18.4. The molecule has 1 aromatic carbocycles. The van der Waals surface area contributed by atoms with Crippen LogP contribution in [0.5, 0.6) is 5.75 Å². The monoisotopic (exact) mass is 240 g/mol. The van der Waals surface area contributed by atoms with Gasteiger partial charge in [-0.2, -0.15) is 0 Å². The van der Waals surface area contributed by atoms with Gasteiger partial charge in [0.15, 0.2) is 6.61 Å². The molecule has 0 radical (unpaired) electrons. The van der Waals surface area contributed by atoms with Gasteiger partial charge in [-0.25, -0.2) is 4.79 Å². The summed E-state index contributed by atoms with van der Waals surface area (Å²) in [6.45, 7) is 1.38. The number of ether oxygens (including phenoxy) is 2. The smallest absolute Gasteiger partial charge is 0.344 e. The zero-order valence-electron chi connectivity index (χ0n) is 9.63. The fraction of sp³-hybridized carbons (Fsp3) is 0.417. The Hall–Kier alpha value is -1.59. The first kappa shape index (κ1) is 13.5. The molecule has 0 aliphatic rings. The highest BCUT2D eigenvalue weighted by molar-refractivity contribution is 5.71. The minimum atomic E-state index is -1.02. The van der Waals surface area contributed by atoms with Crippen LogP contribution in [0.3, 0.4) is 0 Å². The number of para-hydroxylation sites is 1. The first-order valence-electron chi connectivity index (χ1n) is 5.35. The zero-order chi connectivity index (χ0) is 12.7. The lowest BCUT2D eigenvalue weighted by Crippen LogP contribution is -2.16. The molecule has 94 valence electrons. The molecule has 1 rings (SSSR count). The molecule has 5 nitrogen and oxygen atoms in total. The highest BCUT2D eigenvalue weighted by atomic mass is 16.6. The van der Waals surface area contributed by atoms with Crippen molar-refractivity contribution in [2.24, 2.45) is 0 Å². The number of rotatable bonds is 6. The van der Waals surface area contributed by atoms with Crippen LogP contribution in [0.2, 0.25) is 0 Å². The molecule has 1 unspecified atom stereocenters. The van der Waals surface area contributed by atoms with Crippen molar-refractivity contribution in [3.05, 3.63) is 29.8 Å². The lowest BCUT2D eigenvalue weighted by molar-refractivity contribution is -0.145.